The predicted octanol–water partition coefficient (Wildman–Crippen LogP) is 2.47. The topological polar surface area (TPSA) is 15.3 Å². The quantitative estimate of drug-likeness (QED) is 0.838. The van der Waals surface area contributed by atoms with Crippen LogP contribution in [0, 0.1) is 3.57 Å². The smallest absolute Gasteiger partial charge is 0.0238 e. The molecule has 0 aliphatic carbocycles. The lowest BCUT2D eigenvalue weighted by molar-refractivity contribution is 0.139. The molecule has 2 atom stereocenters. The first-order valence-electron chi connectivity index (χ1n) is 5.87. The summed E-state index contributed by atoms with van der Waals surface area (Å²) in [7, 11) is 0. The highest BCUT2D eigenvalue weighted by Gasteiger charge is 2.21. The molecule has 1 N–H and O–H groups in total. The van der Waals surface area contributed by atoms with Gasteiger partial charge in [-0.3, -0.25) is 4.90 Å². The first-order chi connectivity index (χ1) is 7.65. The van der Waals surface area contributed by atoms with Crippen LogP contribution in [-0.2, 0) is 6.54 Å². The molecule has 1 aromatic carbocycles. The summed E-state index contributed by atoms with van der Waals surface area (Å²) in [6, 6.07) is 10.0. The Balaban J connectivity index is 2.02. The van der Waals surface area contributed by atoms with Gasteiger partial charge in [0.15, 0.2) is 0 Å². The Labute approximate surface area is 112 Å². The number of nitrogens with zero attached hydrogens (tertiary/aromatic N) is 1. The average Bonchev–Trinajstić information content (AvgIpc) is 2.24. The third-order valence-electron chi connectivity index (χ3n) is 3.17. The minimum Gasteiger partial charge on any atom is -0.311 e. The summed E-state index contributed by atoms with van der Waals surface area (Å²) in [6.07, 6.45) is 0. The molecule has 2 unspecified atom stereocenters. The van der Waals surface area contributed by atoms with Crippen molar-refractivity contribution in [1.29, 1.82) is 0 Å². The highest BCUT2D eigenvalue weighted by atomic mass is 127. The van der Waals surface area contributed by atoms with Crippen LogP contribution in [0.15, 0.2) is 24.3 Å². The van der Waals surface area contributed by atoms with E-state index in [4.69, 9.17) is 0 Å². The van der Waals surface area contributed by atoms with Crippen molar-refractivity contribution < 1.29 is 0 Å². The SMILES string of the molecule is CC1CN(Cc2cccc(I)c2)C(C)CN1. The number of hydrogen-bond donors (Lipinski definition) is 1. The number of benzene rings is 1. The van der Waals surface area contributed by atoms with Crippen LogP contribution in [0.5, 0.6) is 0 Å². The van der Waals surface area contributed by atoms with Gasteiger partial charge in [-0.15, -0.1) is 0 Å². The third-order valence-corrected chi connectivity index (χ3v) is 3.84. The maximum atomic E-state index is 3.52. The minimum atomic E-state index is 0.610. The van der Waals surface area contributed by atoms with Gasteiger partial charge >= 0.3 is 0 Å². The maximum Gasteiger partial charge on any atom is 0.0238 e. The van der Waals surface area contributed by atoms with E-state index in [0.29, 0.717) is 12.1 Å². The Hall–Kier alpha value is -0.130. The zero-order valence-corrected chi connectivity index (χ0v) is 12.1. The van der Waals surface area contributed by atoms with Crippen LogP contribution in [0.25, 0.3) is 0 Å². The lowest BCUT2D eigenvalue weighted by Gasteiger charge is -2.37. The normalized spacial score (nSPS) is 26.9. The molecule has 2 rings (SSSR count). The highest BCUT2D eigenvalue weighted by Crippen LogP contribution is 2.14. The fourth-order valence-electron chi connectivity index (χ4n) is 2.19. The summed E-state index contributed by atoms with van der Waals surface area (Å²) < 4.78 is 1.32. The number of hydrogen-bond acceptors (Lipinski definition) is 2. The van der Waals surface area contributed by atoms with Crippen LogP contribution in [0.3, 0.4) is 0 Å². The second kappa shape index (κ2) is 5.47. The van der Waals surface area contributed by atoms with E-state index in [1.54, 1.807) is 0 Å². The van der Waals surface area contributed by atoms with Crippen molar-refractivity contribution in [3.8, 4) is 0 Å². The van der Waals surface area contributed by atoms with Gasteiger partial charge in [0.05, 0.1) is 0 Å². The zero-order valence-electron chi connectivity index (χ0n) is 9.91. The second-order valence-corrected chi connectivity index (χ2v) is 5.96. The Bertz CT molecular complexity index is 354. The second-order valence-electron chi connectivity index (χ2n) is 4.72. The van der Waals surface area contributed by atoms with Crippen molar-refractivity contribution in [1.82, 2.24) is 10.2 Å². The molecule has 1 aromatic rings. The average molecular weight is 330 g/mol. The van der Waals surface area contributed by atoms with Crippen LogP contribution in [0.4, 0.5) is 0 Å². The van der Waals surface area contributed by atoms with Gasteiger partial charge in [0.1, 0.15) is 0 Å². The lowest BCUT2D eigenvalue weighted by Crippen LogP contribution is -2.53. The molecule has 1 fully saturated rings. The number of piperazine rings is 1. The molecule has 88 valence electrons. The molecule has 0 aromatic heterocycles. The number of nitrogens with one attached hydrogen (secondary N) is 1. The van der Waals surface area contributed by atoms with Crippen LogP contribution < -0.4 is 5.32 Å². The summed E-state index contributed by atoms with van der Waals surface area (Å²) in [5.74, 6) is 0. The summed E-state index contributed by atoms with van der Waals surface area (Å²) in [5.41, 5.74) is 1.42. The fraction of sp³-hybridized carbons (Fsp3) is 0.538. The molecule has 1 saturated heterocycles. The molecule has 1 aliphatic rings. The first kappa shape index (κ1) is 12.3. The summed E-state index contributed by atoms with van der Waals surface area (Å²) in [6.45, 7) is 7.88. The molecule has 0 spiro atoms. The van der Waals surface area contributed by atoms with Crippen LogP contribution in [0.1, 0.15) is 19.4 Å². The molecule has 2 nitrogen and oxygen atoms in total. The molecule has 0 saturated carbocycles. The van der Waals surface area contributed by atoms with Crippen LogP contribution >= 0.6 is 22.6 Å². The fourth-order valence-corrected chi connectivity index (χ4v) is 2.79. The van der Waals surface area contributed by atoms with Gasteiger partial charge in [-0.1, -0.05) is 12.1 Å². The standard InChI is InChI=1S/C13H19IN2/c1-10-8-16(11(2)7-15-10)9-12-4-3-5-13(14)6-12/h3-6,10-11,15H,7-9H2,1-2H3. The van der Waals surface area contributed by atoms with E-state index in [-0.39, 0.29) is 0 Å². The van der Waals surface area contributed by atoms with E-state index in [2.05, 4.69) is 70.9 Å². The van der Waals surface area contributed by atoms with Crippen molar-refractivity contribution in [2.24, 2.45) is 0 Å². The molecular weight excluding hydrogens is 311 g/mol. The van der Waals surface area contributed by atoms with E-state index in [1.807, 2.05) is 0 Å². The van der Waals surface area contributed by atoms with Gasteiger partial charge in [0, 0.05) is 35.3 Å². The van der Waals surface area contributed by atoms with E-state index in [9.17, 15) is 0 Å². The minimum absolute atomic E-state index is 0.610. The number of rotatable bonds is 2. The number of halogens is 1. The third kappa shape index (κ3) is 3.18. The Morgan fingerprint density at radius 2 is 2.25 bits per heavy atom. The van der Waals surface area contributed by atoms with E-state index >= 15 is 0 Å². The monoisotopic (exact) mass is 330 g/mol. The molecule has 1 heterocycles. The van der Waals surface area contributed by atoms with Gasteiger partial charge in [0.25, 0.3) is 0 Å². The summed E-state index contributed by atoms with van der Waals surface area (Å²) >= 11 is 2.38. The Morgan fingerprint density at radius 3 is 3.00 bits per heavy atom. The van der Waals surface area contributed by atoms with E-state index in [0.717, 1.165) is 19.6 Å². The molecule has 16 heavy (non-hydrogen) atoms. The predicted molar refractivity (Wildman–Crippen MR) is 76.5 cm³/mol. The van der Waals surface area contributed by atoms with Crippen molar-refractivity contribution in [2.45, 2.75) is 32.5 Å². The van der Waals surface area contributed by atoms with Gasteiger partial charge in [-0.05, 0) is 54.1 Å². The summed E-state index contributed by atoms with van der Waals surface area (Å²) in [4.78, 5) is 2.56. The van der Waals surface area contributed by atoms with Crippen molar-refractivity contribution >= 4 is 22.6 Å². The molecule has 3 heteroatoms. The molecule has 0 bridgehead atoms. The van der Waals surface area contributed by atoms with Gasteiger partial charge in [0.2, 0.25) is 0 Å². The van der Waals surface area contributed by atoms with Gasteiger partial charge in [-0.2, -0.15) is 0 Å². The van der Waals surface area contributed by atoms with Crippen LogP contribution in [-0.4, -0.2) is 30.1 Å². The largest absolute Gasteiger partial charge is 0.311 e. The Kier molecular flexibility index (Phi) is 4.21. The molecule has 0 radical (unpaired) electrons. The molecule has 1 aliphatic heterocycles. The zero-order chi connectivity index (χ0) is 11.5. The summed E-state index contributed by atoms with van der Waals surface area (Å²) in [5, 5.41) is 3.52. The molecular formula is C13H19IN2. The van der Waals surface area contributed by atoms with Crippen LogP contribution in [0.2, 0.25) is 0 Å². The van der Waals surface area contributed by atoms with Crippen molar-refractivity contribution in [3.05, 3.63) is 33.4 Å². The van der Waals surface area contributed by atoms with E-state index in [1.165, 1.54) is 9.13 Å². The maximum absolute atomic E-state index is 3.52. The van der Waals surface area contributed by atoms with E-state index < -0.39 is 0 Å². The van der Waals surface area contributed by atoms with Gasteiger partial charge in [-0.25, -0.2) is 0 Å². The molecule has 0 amide bonds. The first-order valence-corrected chi connectivity index (χ1v) is 6.95. The van der Waals surface area contributed by atoms with Crippen molar-refractivity contribution in [2.75, 3.05) is 13.1 Å². The lowest BCUT2D eigenvalue weighted by atomic mass is 10.1. The Morgan fingerprint density at radius 1 is 1.44 bits per heavy atom. The van der Waals surface area contributed by atoms with Crippen molar-refractivity contribution in [3.63, 3.8) is 0 Å². The highest BCUT2D eigenvalue weighted by molar-refractivity contribution is 14.1. The van der Waals surface area contributed by atoms with Gasteiger partial charge < -0.3 is 5.32 Å².